The van der Waals surface area contributed by atoms with Crippen LogP contribution in [-0.2, 0) is 6.42 Å². The zero-order valence-corrected chi connectivity index (χ0v) is 6.09. The fourth-order valence-electron chi connectivity index (χ4n) is 0.714. The molecule has 1 aromatic carbocycles. The van der Waals surface area contributed by atoms with Gasteiger partial charge in [-0.3, -0.25) is 0 Å². The number of benzene rings is 1. The summed E-state index contributed by atoms with van der Waals surface area (Å²) >= 11 is 0. The third-order valence-electron chi connectivity index (χ3n) is 1.25. The molecule has 0 aliphatic rings. The summed E-state index contributed by atoms with van der Waals surface area (Å²) in [6, 6.07) is 10.5. The smallest absolute Gasteiger partial charge is 0.0307 e. The first-order valence-corrected chi connectivity index (χ1v) is 2.97. The van der Waals surface area contributed by atoms with Crippen LogP contribution < -0.4 is 0 Å². The maximum absolute atomic E-state index is 2.16. The van der Waals surface area contributed by atoms with Crippen LogP contribution in [0.1, 0.15) is 12.5 Å². The molecule has 0 unspecified atom stereocenters. The highest BCUT2D eigenvalue weighted by Crippen LogP contribution is 1.96. The molecule has 0 saturated carbocycles. The highest BCUT2D eigenvalue weighted by atomic mass is 13.9. The van der Waals surface area contributed by atoms with Gasteiger partial charge in [-0.25, -0.2) is 0 Å². The zero-order valence-electron chi connectivity index (χ0n) is 6.09. The van der Waals surface area contributed by atoms with Crippen molar-refractivity contribution in [1.82, 2.24) is 0 Å². The van der Waals surface area contributed by atoms with E-state index in [2.05, 4.69) is 31.2 Å². The second-order valence-corrected chi connectivity index (χ2v) is 1.84. The van der Waals surface area contributed by atoms with Gasteiger partial charge in [-0.05, 0) is 12.0 Å². The van der Waals surface area contributed by atoms with E-state index in [-0.39, 0.29) is 7.43 Å². The fourth-order valence-corrected chi connectivity index (χ4v) is 0.714. The predicted molar refractivity (Wildman–Crippen MR) is 42.2 cm³/mol. The number of aryl methyl sites for hydroxylation is 1. The van der Waals surface area contributed by atoms with Gasteiger partial charge in [-0.15, -0.1) is 0 Å². The van der Waals surface area contributed by atoms with Crippen molar-refractivity contribution in [2.24, 2.45) is 0 Å². The van der Waals surface area contributed by atoms with Crippen molar-refractivity contribution in [1.29, 1.82) is 0 Å². The molecule has 1 radical (unpaired) electrons. The van der Waals surface area contributed by atoms with Crippen molar-refractivity contribution in [2.45, 2.75) is 13.3 Å². The molecule has 0 N–H and O–H groups in total. The molecule has 0 saturated heterocycles. The van der Waals surface area contributed by atoms with E-state index in [1.54, 1.807) is 0 Å². The molecular formula is C9H13. The minimum absolute atomic E-state index is 0. The van der Waals surface area contributed by atoms with E-state index in [1.165, 1.54) is 5.56 Å². The second-order valence-electron chi connectivity index (χ2n) is 1.84. The Morgan fingerprint density at radius 2 is 1.67 bits per heavy atom. The Morgan fingerprint density at radius 1 is 1.11 bits per heavy atom. The van der Waals surface area contributed by atoms with E-state index in [0.29, 0.717) is 0 Å². The molecular weight excluding hydrogens is 108 g/mol. The van der Waals surface area contributed by atoms with Crippen LogP contribution in [0.15, 0.2) is 30.3 Å². The molecule has 1 aromatic rings. The Labute approximate surface area is 57.5 Å². The molecule has 0 bridgehead atoms. The number of rotatable bonds is 1. The minimum atomic E-state index is 0. The molecule has 9 heavy (non-hydrogen) atoms. The van der Waals surface area contributed by atoms with Gasteiger partial charge in [0.2, 0.25) is 0 Å². The highest BCUT2D eigenvalue weighted by Gasteiger charge is 1.79. The van der Waals surface area contributed by atoms with Crippen molar-refractivity contribution in [2.75, 3.05) is 0 Å². The van der Waals surface area contributed by atoms with Crippen LogP contribution >= 0.6 is 0 Å². The summed E-state index contributed by atoms with van der Waals surface area (Å²) in [6.07, 6.45) is 1.14. The molecule has 0 aliphatic carbocycles. The SMILES string of the molecule is CCc1ccccc1.[CH3]. The number of hydrogen-bond acceptors (Lipinski definition) is 0. The maximum Gasteiger partial charge on any atom is -0.0307 e. The van der Waals surface area contributed by atoms with Crippen LogP contribution in [0, 0.1) is 7.43 Å². The van der Waals surface area contributed by atoms with Crippen LogP contribution in [0.25, 0.3) is 0 Å². The quantitative estimate of drug-likeness (QED) is 0.536. The van der Waals surface area contributed by atoms with Gasteiger partial charge in [-0.1, -0.05) is 44.7 Å². The summed E-state index contributed by atoms with van der Waals surface area (Å²) in [7, 11) is 0. The molecule has 0 amide bonds. The molecule has 0 aliphatic heterocycles. The average molecular weight is 121 g/mol. The molecule has 0 spiro atoms. The summed E-state index contributed by atoms with van der Waals surface area (Å²) in [5.74, 6) is 0. The zero-order chi connectivity index (χ0) is 5.82. The Balaban J connectivity index is 0.000000640. The summed E-state index contributed by atoms with van der Waals surface area (Å²) in [5, 5.41) is 0. The molecule has 0 fully saturated rings. The average Bonchev–Trinajstić information content (AvgIpc) is 1.90. The molecule has 0 nitrogen and oxygen atoms in total. The van der Waals surface area contributed by atoms with Crippen LogP contribution in [-0.4, -0.2) is 0 Å². The molecule has 0 heterocycles. The lowest BCUT2D eigenvalue weighted by Crippen LogP contribution is -1.73. The van der Waals surface area contributed by atoms with Crippen LogP contribution in [0.3, 0.4) is 0 Å². The first kappa shape index (κ1) is 8.22. The van der Waals surface area contributed by atoms with Gasteiger partial charge in [0.25, 0.3) is 0 Å². The first-order valence-electron chi connectivity index (χ1n) is 2.97. The third-order valence-corrected chi connectivity index (χ3v) is 1.25. The van der Waals surface area contributed by atoms with Crippen molar-refractivity contribution < 1.29 is 0 Å². The van der Waals surface area contributed by atoms with Crippen molar-refractivity contribution in [3.8, 4) is 0 Å². The van der Waals surface area contributed by atoms with E-state index in [9.17, 15) is 0 Å². The first-order chi connectivity index (χ1) is 3.93. The summed E-state index contributed by atoms with van der Waals surface area (Å²) in [4.78, 5) is 0. The van der Waals surface area contributed by atoms with Crippen molar-refractivity contribution >= 4 is 0 Å². The van der Waals surface area contributed by atoms with Gasteiger partial charge >= 0.3 is 0 Å². The Morgan fingerprint density at radius 3 is 2.00 bits per heavy atom. The van der Waals surface area contributed by atoms with E-state index >= 15 is 0 Å². The predicted octanol–water partition coefficient (Wildman–Crippen LogP) is 2.70. The molecule has 49 valence electrons. The lowest BCUT2D eigenvalue weighted by molar-refractivity contribution is 1.14. The summed E-state index contributed by atoms with van der Waals surface area (Å²) in [6.45, 7) is 2.16. The number of hydrogen-bond donors (Lipinski definition) is 0. The van der Waals surface area contributed by atoms with Gasteiger partial charge in [-0.2, -0.15) is 0 Å². The fraction of sp³-hybridized carbons (Fsp3) is 0.222. The van der Waals surface area contributed by atoms with Gasteiger partial charge < -0.3 is 0 Å². The molecule has 0 atom stereocenters. The normalized spacial score (nSPS) is 8.11. The monoisotopic (exact) mass is 121 g/mol. The van der Waals surface area contributed by atoms with Crippen LogP contribution in [0.2, 0.25) is 0 Å². The van der Waals surface area contributed by atoms with Gasteiger partial charge in [0, 0.05) is 0 Å². The largest absolute Gasteiger partial charge is 0.0683 e. The van der Waals surface area contributed by atoms with Crippen LogP contribution in [0.5, 0.6) is 0 Å². The van der Waals surface area contributed by atoms with Crippen molar-refractivity contribution in [3.63, 3.8) is 0 Å². The van der Waals surface area contributed by atoms with E-state index in [0.717, 1.165) is 6.42 Å². The van der Waals surface area contributed by atoms with E-state index < -0.39 is 0 Å². The van der Waals surface area contributed by atoms with E-state index in [1.807, 2.05) is 6.07 Å². The summed E-state index contributed by atoms with van der Waals surface area (Å²) in [5.41, 5.74) is 1.41. The van der Waals surface area contributed by atoms with Gasteiger partial charge in [0.15, 0.2) is 0 Å². The highest BCUT2D eigenvalue weighted by molar-refractivity contribution is 5.13. The molecule has 0 heteroatoms. The van der Waals surface area contributed by atoms with Crippen molar-refractivity contribution in [3.05, 3.63) is 43.3 Å². The Hall–Kier alpha value is -0.780. The third kappa shape index (κ3) is 2.31. The summed E-state index contributed by atoms with van der Waals surface area (Å²) < 4.78 is 0. The second kappa shape index (κ2) is 4.13. The minimum Gasteiger partial charge on any atom is -0.0683 e. The van der Waals surface area contributed by atoms with Gasteiger partial charge in [0.1, 0.15) is 0 Å². The molecule has 0 aromatic heterocycles. The topological polar surface area (TPSA) is 0 Å². The Kier molecular flexibility index (Phi) is 3.78. The van der Waals surface area contributed by atoms with Crippen LogP contribution in [0.4, 0.5) is 0 Å². The standard InChI is InChI=1S/C8H10.CH3/c1-2-8-6-4-3-5-7-8;/h3-7H,2H2,1H3;1H3. The van der Waals surface area contributed by atoms with Gasteiger partial charge in [0.05, 0.1) is 0 Å². The maximum atomic E-state index is 2.16. The lowest BCUT2D eigenvalue weighted by atomic mass is 10.2. The lowest BCUT2D eigenvalue weighted by Gasteiger charge is -1.89. The van der Waals surface area contributed by atoms with E-state index in [4.69, 9.17) is 0 Å². The Bertz CT molecular complexity index is 141. The molecule has 1 rings (SSSR count).